The van der Waals surface area contributed by atoms with Crippen molar-refractivity contribution < 1.29 is 23.5 Å². The van der Waals surface area contributed by atoms with E-state index in [4.69, 9.17) is 9.47 Å². The zero-order chi connectivity index (χ0) is 19.6. The summed E-state index contributed by atoms with van der Waals surface area (Å²) in [5.74, 6) is -0.162. The maximum Gasteiger partial charge on any atom is 0.307 e. The molecule has 144 valence electrons. The topological polar surface area (TPSA) is 64.6 Å². The Morgan fingerprint density at radius 2 is 1.85 bits per heavy atom. The van der Waals surface area contributed by atoms with Crippen LogP contribution in [0.4, 0.5) is 10.1 Å². The van der Waals surface area contributed by atoms with Crippen LogP contribution in [0, 0.1) is 5.82 Å². The quantitative estimate of drug-likeness (QED) is 0.511. The molecule has 0 saturated carbocycles. The van der Waals surface area contributed by atoms with Gasteiger partial charge >= 0.3 is 5.97 Å². The van der Waals surface area contributed by atoms with Gasteiger partial charge in [-0.3, -0.25) is 9.59 Å². The third kappa shape index (κ3) is 6.94. The van der Waals surface area contributed by atoms with Gasteiger partial charge < -0.3 is 14.8 Å². The number of halogens is 1. The molecule has 7 heteroatoms. The molecular formula is C20H22FNO4S. The van der Waals surface area contributed by atoms with Gasteiger partial charge in [0.1, 0.15) is 11.6 Å². The Labute approximate surface area is 162 Å². The predicted molar refractivity (Wildman–Crippen MR) is 104 cm³/mol. The highest BCUT2D eigenvalue weighted by Gasteiger charge is 2.19. The molecule has 0 saturated heterocycles. The van der Waals surface area contributed by atoms with Crippen LogP contribution in [-0.2, 0) is 14.3 Å². The molecule has 0 bridgehead atoms. The first-order chi connectivity index (χ1) is 13.0. The van der Waals surface area contributed by atoms with Crippen molar-refractivity contribution in [1.82, 2.24) is 0 Å². The van der Waals surface area contributed by atoms with Crippen LogP contribution in [0.15, 0.2) is 53.4 Å². The average molecular weight is 391 g/mol. The summed E-state index contributed by atoms with van der Waals surface area (Å²) in [5.41, 5.74) is 0.527. The van der Waals surface area contributed by atoms with Crippen LogP contribution in [0.1, 0.15) is 20.3 Å². The number of rotatable bonds is 9. The Morgan fingerprint density at radius 3 is 2.56 bits per heavy atom. The largest absolute Gasteiger partial charge is 0.492 e. The van der Waals surface area contributed by atoms with Crippen LogP contribution >= 0.6 is 11.8 Å². The van der Waals surface area contributed by atoms with Crippen molar-refractivity contribution in [1.29, 1.82) is 0 Å². The lowest BCUT2D eigenvalue weighted by Crippen LogP contribution is -2.30. The van der Waals surface area contributed by atoms with Crippen LogP contribution in [0.5, 0.6) is 5.75 Å². The number of esters is 1. The minimum Gasteiger partial charge on any atom is -0.492 e. The number of thioether (sulfide) groups is 1. The summed E-state index contributed by atoms with van der Waals surface area (Å²) in [6.45, 7) is 3.85. The molecule has 0 spiro atoms. The van der Waals surface area contributed by atoms with Gasteiger partial charge in [-0.2, -0.15) is 0 Å². The van der Waals surface area contributed by atoms with E-state index in [1.165, 1.54) is 30.8 Å². The Kier molecular flexibility index (Phi) is 8.13. The molecule has 1 amide bonds. The molecule has 5 nitrogen and oxygen atoms in total. The predicted octanol–water partition coefficient (Wildman–Crippen LogP) is 4.28. The van der Waals surface area contributed by atoms with Gasteiger partial charge in [-0.25, -0.2) is 4.39 Å². The first-order valence-electron chi connectivity index (χ1n) is 8.60. The summed E-state index contributed by atoms with van der Waals surface area (Å²) < 4.78 is 23.5. The van der Waals surface area contributed by atoms with Gasteiger partial charge in [0.05, 0.1) is 18.7 Å². The molecular weight excluding hydrogens is 369 g/mol. The summed E-state index contributed by atoms with van der Waals surface area (Å²) in [5, 5.41) is 2.71. The standard InChI is InChI=1S/C20H22FNO4S/c1-3-25-18-7-5-4-6-17(18)22-20(24)14(2)26-19(23)12-13-27-16-10-8-15(21)9-11-16/h4-11,14H,3,12-13H2,1-2H3,(H,22,24)/t14-/m1/s1. The van der Waals surface area contributed by atoms with Crippen molar-refractivity contribution in [3.8, 4) is 5.75 Å². The second-order valence-corrected chi connectivity index (χ2v) is 6.77. The average Bonchev–Trinajstić information content (AvgIpc) is 2.65. The van der Waals surface area contributed by atoms with E-state index in [2.05, 4.69) is 5.32 Å². The maximum atomic E-state index is 12.9. The molecule has 1 N–H and O–H groups in total. The van der Waals surface area contributed by atoms with Crippen LogP contribution in [0.25, 0.3) is 0 Å². The highest BCUT2D eigenvalue weighted by atomic mass is 32.2. The first-order valence-corrected chi connectivity index (χ1v) is 9.58. The fourth-order valence-corrected chi connectivity index (χ4v) is 3.01. The summed E-state index contributed by atoms with van der Waals surface area (Å²) in [6, 6.07) is 13.1. The number of nitrogens with one attached hydrogen (secondary N) is 1. The summed E-state index contributed by atoms with van der Waals surface area (Å²) in [7, 11) is 0. The fraction of sp³-hybridized carbons (Fsp3) is 0.300. The second kappa shape index (κ2) is 10.6. The Hall–Kier alpha value is -2.54. The summed E-state index contributed by atoms with van der Waals surface area (Å²) in [6.07, 6.45) is -0.780. The zero-order valence-corrected chi connectivity index (χ0v) is 16.1. The van der Waals surface area contributed by atoms with Crippen molar-refractivity contribution in [3.63, 3.8) is 0 Å². The van der Waals surface area contributed by atoms with E-state index in [0.29, 0.717) is 23.8 Å². The lowest BCUT2D eigenvalue weighted by molar-refractivity contribution is -0.152. The second-order valence-electron chi connectivity index (χ2n) is 5.60. The third-order valence-corrected chi connectivity index (χ3v) is 4.52. The van der Waals surface area contributed by atoms with Crippen molar-refractivity contribution in [2.45, 2.75) is 31.3 Å². The fourth-order valence-electron chi connectivity index (χ4n) is 2.18. The van der Waals surface area contributed by atoms with Gasteiger partial charge in [-0.15, -0.1) is 11.8 Å². The van der Waals surface area contributed by atoms with E-state index in [9.17, 15) is 14.0 Å². The minimum absolute atomic E-state index is 0.148. The third-order valence-electron chi connectivity index (χ3n) is 3.51. The van der Waals surface area contributed by atoms with E-state index >= 15 is 0 Å². The van der Waals surface area contributed by atoms with Crippen LogP contribution in [-0.4, -0.2) is 30.3 Å². The van der Waals surface area contributed by atoms with Gasteiger partial charge in [0, 0.05) is 10.6 Å². The van der Waals surface area contributed by atoms with Gasteiger partial charge in [-0.1, -0.05) is 12.1 Å². The highest BCUT2D eigenvalue weighted by molar-refractivity contribution is 7.99. The monoisotopic (exact) mass is 391 g/mol. The van der Waals surface area contributed by atoms with Crippen molar-refractivity contribution in [3.05, 3.63) is 54.3 Å². The van der Waals surface area contributed by atoms with Gasteiger partial charge in [-0.05, 0) is 50.2 Å². The van der Waals surface area contributed by atoms with Crippen molar-refractivity contribution >= 4 is 29.3 Å². The highest BCUT2D eigenvalue weighted by Crippen LogP contribution is 2.24. The molecule has 1 atom stereocenters. The Morgan fingerprint density at radius 1 is 1.15 bits per heavy atom. The van der Waals surface area contributed by atoms with Crippen LogP contribution in [0.2, 0.25) is 0 Å². The molecule has 0 aromatic heterocycles. The summed E-state index contributed by atoms with van der Waals surface area (Å²) in [4.78, 5) is 25.0. The minimum atomic E-state index is -0.928. The number of benzene rings is 2. The SMILES string of the molecule is CCOc1ccccc1NC(=O)[C@@H](C)OC(=O)CCSc1ccc(F)cc1. The molecule has 2 rings (SSSR count). The molecule has 2 aromatic carbocycles. The number of para-hydroxylation sites is 2. The molecule has 0 aliphatic heterocycles. The number of hydrogen-bond acceptors (Lipinski definition) is 5. The number of hydrogen-bond donors (Lipinski definition) is 1. The summed E-state index contributed by atoms with van der Waals surface area (Å²) >= 11 is 1.42. The van der Waals surface area contributed by atoms with E-state index in [1.807, 2.05) is 13.0 Å². The maximum absolute atomic E-state index is 12.9. The number of amides is 1. The number of anilines is 1. The first kappa shape index (κ1) is 20.8. The zero-order valence-electron chi connectivity index (χ0n) is 15.2. The number of carbonyl (C=O) groups is 2. The molecule has 0 aliphatic rings. The van der Waals surface area contributed by atoms with Crippen LogP contribution in [0.3, 0.4) is 0 Å². The van der Waals surface area contributed by atoms with Gasteiger partial charge in [0.15, 0.2) is 6.10 Å². The Balaban J connectivity index is 1.78. The van der Waals surface area contributed by atoms with E-state index in [1.54, 1.807) is 30.3 Å². The molecule has 0 aliphatic carbocycles. The number of ether oxygens (including phenoxy) is 2. The van der Waals surface area contributed by atoms with Crippen LogP contribution < -0.4 is 10.1 Å². The number of carbonyl (C=O) groups excluding carboxylic acids is 2. The smallest absolute Gasteiger partial charge is 0.307 e. The molecule has 27 heavy (non-hydrogen) atoms. The van der Waals surface area contributed by atoms with Gasteiger partial charge in [0.25, 0.3) is 5.91 Å². The lowest BCUT2D eigenvalue weighted by Gasteiger charge is -2.15. The molecule has 0 radical (unpaired) electrons. The normalized spacial score (nSPS) is 11.5. The van der Waals surface area contributed by atoms with Gasteiger partial charge in [0.2, 0.25) is 0 Å². The van der Waals surface area contributed by atoms with Crippen molar-refractivity contribution in [2.24, 2.45) is 0 Å². The molecule has 0 heterocycles. The van der Waals surface area contributed by atoms with E-state index < -0.39 is 18.0 Å². The Bertz CT molecular complexity index is 767. The lowest BCUT2D eigenvalue weighted by atomic mass is 10.2. The van der Waals surface area contributed by atoms with E-state index in [0.717, 1.165) is 4.90 Å². The molecule has 2 aromatic rings. The van der Waals surface area contributed by atoms with E-state index in [-0.39, 0.29) is 12.2 Å². The molecule has 0 unspecified atom stereocenters. The van der Waals surface area contributed by atoms with Crippen molar-refractivity contribution in [2.75, 3.05) is 17.7 Å². The molecule has 0 fully saturated rings.